The van der Waals surface area contributed by atoms with Crippen LogP contribution < -0.4 is 15.8 Å². The number of anilines is 3. The third-order valence-corrected chi connectivity index (χ3v) is 3.92. The molecule has 6 heteroatoms. The zero-order valence-corrected chi connectivity index (χ0v) is 13.9. The molecule has 0 atom stereocenters. The van der Waals surface area contributed by atoms with E-state index in [9.17, 15) is 5.26 Å². The fourth-order valence-electron chi connectivity index (χ4n) is 2.35. The van der Waals surface area contributed by atoms with Gasteiger partial charge in [-0.2, -0.15) is 5.26 Å². The maximum atomic E-state index is 9.40. The molecule has 0 saturated carbocycles. The molecule has 0 aliphatic rings. The van der Waals surface area contributed by atoms with Crippen LogP contribution in [0.3, 0.4) is 0 Å². The van der Waals surface area contributed by atoms with Crippen molar-refractivity contribution in [2.75, 3.05) is 18.2 Å². The molecule has 0 unspecified atom stereocenters. The molecule has 0 aliphatic carbocycles. The maximum Gasteiger partial charge on any atom is 0.121 e. The molecule has 114 valence electrons. The molecule has 3 N–H and O–H groups in total. The fourth-order valence-corrected chi connectivity index (χ4v) is 2.75. The van der Waals surface area contributed by atoms with Crippen LogP contribution in [0.4, 0.5) is 17.1 Å². The van der Waals surface area contributed by atoms with Gasteiger partial charge in [-0.15, -0.1) is 0 Å². The van der Waals surface area contributed by atoms with Gasteiger partial charge in [0.25, 0.3) is 0 Å². The van der Waals surface area contributed by atoms with Gasteiger partial charge < -0.3 is 15.8 Å². The molecule has 0 fully saturated rings. The van der Waals surface area contributed by atoms with Crippen LogP contribution in [0.1, 0.15) is 5.56 Å². The lowest BCUT2D eigenvalue weighted by Crippen LogP contribution is -1.99. The Morgan fingerprint density at radius 1 is 1.30 bits per heavy atom. The zero-order chi connectivity index (χ0) is 16.4. The second kappa shape index (κ2) is 6.15. The predicted molar refractivity (Wildman–Crippen MR) is 94.8 cm³/mol. The van der Waals surface area contributed by atoms with Gasteiger partial charge in [0.05, 0.1) is 29.6 Å². The molecule has 0 saturated heterocycles. The van der Waals surface area contributed by atoms with Gasteiger partial charge in [0.15, 0.2) is 0 Å². The Morgan fingerprint density at radius 2 is 2.13 bits per heavy atom. The average Bonchev–Trinajstić information content (AvgIpc) is 2.55. The van der Waals surface area contributed by atoms with Crippen LogP contribution in [0.5, 0.6) is 5.75 Å². The van der Waals surface area contributed by atoms with E-state index >= 15 is 0 Å². The van der Waals surface area contributed by atoms with E-state index in [1.54, 1.807) is 13.2 Å². The summed E-state index contributed by atoms with van der Waals surface area (Å²) in [7, 11) is 1.57. The van der Waals surface area contributed by atoms with Crippen LogP contribution in [0.25, 0.3) is 10.9 Å². The number of aromatic nitrogens is 1. The molecule has 0 radical (unpaired) electrons. The first-order valence-electron chi connectivity index (χ1n) is 6.81. The van der Waals surface area contributed by atoms with E-state index in [-0.39, 0.29) is 0 Å². The highest BCUT2D eigenvalue weighted by Crippen LogP contribution is 2.34. The lowest BCUT2D eigenvalue weighted by atomic mass is 10.1. The van der Waals surface area contributed by atoms with Gasteiger partial charge in [-0.05, 0) is 24.3 Å². The quantitative estimate of drug-likeness (QED) is 0.676. The Balaban J connectivity index is 2.24. The number of fused-ring (bicyclic) bond motifs is 1. The molecule has 5 nitrogen and oxygen atoms in total. The standard InChI is InChI=1S/C17H13BrN4O/c1-23-13-6-14-16(22-12-4-2-3-11(18)5-12)10(8-19)9-21-17(14)15(20)7-13/h2-7,9H,20H2,1H3,(H,21,22). The summed E-state index contributed by atoms with van der Waals surface area (Å²) in [6, 6.07) is 13.4. The second-order valence-corrected chi connectivity index (χ2v) is 5.82. The van der Waals surface area contributed by atoms with Gasteiger partial charge in [0.1, 0.15) is 11.8 Å². The van der Waals surface area contributed by atoms with Crippen molar-refractivity contribution in [3.05, 3.63) is 52.6 Å². The minimum Gasteiger partial charge on any atom is -0.497 e. The van der Waals surface area contributed by atoms with Gasteiger partial charge in [0, 0.05) is 27.8 Å². The Kier molecular flexibility index (Phi) is 4.04. The third kappa shape index (κ3) is 2.91. The summed E-state index contributed by atoms with van der Waals surface area (Å²) in [4.78, 5) is 4.29. The van der Waals surface area contributed by atoms with Crippen LogP contribution in [-0.2, 0) is 0 Å². The molecule has 0 amide bonds. The summed E-state index contributed by atoms with van der Waals surface area (Å²) in [5.74, 6) is 0.615. The second-order valence-electron chi connectivity index (χ2n) is 4.91. The van der Waals surface area contributed by atoms with E-state index in [1.165, 1.54) is 6.20 Å². The van der Waals surface area contributed by atoms with E-state index in [2.05, 4.69) is 32.3 Å². The molecule has 2 aromatic carbocycles. The van der Waals surface area contributed by atoms with Crippen molar-refractivity contribution in [2.24, 2.45) is 0 Å². The number of nitrogens with one attached hydrogen (secondary N) is 1. The topological polar surface area (TPSA) is 84.0 Å². The van der Waals surface area contributed by atoms with Crippen molar-refractivity contribution < 1.29 is 4.74 Å². The average molecular weight is 369 g/mol. The van der Waals surface area contributed by atoms with Gasteiger partial charge in [-0.3, -0.25) is 4.98 Å². The summed E-state index contributed by atoms with van der Waals surface area (Å²) < 4.78 is 6.22. The summed E-state index contributed by atoms with van der Waals surface area (Å²) in [6.07, 6.45) is 1.52. The molecule has 0 spiro atoms. The smallest absolute Gasteiger partial charge is 0.121 e. The number of nitrogens with two attached hydrogens (primary N) is 1. The number of nitrogen functional groups attached to an aromatic ring is 1. The number of ether oxygens (including phenoxy) is 1. The highest BCUT2D eigenvalue weighted by molar-refractivity contribution is 9.10. The van der Waals surface area contributed by atoms with Crippen molar-refractivity contribution in [1.82, 2.24) is 4.98 Å². The lowest BCUT2D eigenvalue weighted by molar-refractivity contribution is 0.415. The molecule has 1 aromatic heterocycles. The van der Waals surface area contributed by atoms with E-state index < -0.39 is 0 Å². The third-order valence-electron chi connectivity index (χ3n) is 3.42. The maximum absolute atomic E-state index is 9.40. The van der Waals surface area contributed by atoms with Crippen molar-refractivity contribution in [3.63, 3.8) is 0 Å². The van der Waals surface area contributed by atoms with Crippen LogP contribution in [0.2, 0.25) is 0 Å². The van der Waals surface area contributed by atoms with Crippen molar-refractivity contribution in [1.29, 1.82) is 5.26 Å². The van der Waals surface area contributed by atoms with Crippen LogP contribution in [0, 0.1) is 11.3 Å². The fraction of sp³-hybridized carbons (Fsp3) is 0.0588. The SMILES string of the molecule is COc1cc(N)c2ncc(C#N)c(Nc3cccc(Br)c3)c2c1. The first-order chi connectivity index (χ1) is 11.1. The number of halogens is 1. The number of nitrogens with zero attached hydrogens (tertiary/aromatic N) is 2. The molecule has 0 aliphatic heterocycles. The largest absolute Gasteiger partial charge is 0.497 e. The van der Waals surface area contributed by atoms with Gasteiger partial charge in [-0.25, -0.2) is 0 Å². The summed E-state index contributed by atoms with van der Waals surface area (Å²) in [5.41, 5.74) is 9.12. The molecular weight excluding hydrogens is 356 g/mol. The van der Waals surface area contributed by atoms with E-state index in [0.717, 1.165) is 15.5 Å². The van der Waals surface area contributed by atoms with Crippen LogP contribution in [0.15, 0.2) is 47.1 Å². The molecular formula is C17H13BrN4O. The first kappa shape index (κ1) is 15.1. The Labute approximate surface area is 141 Å². The number of methoxy groups -OCH3 is 1. The predicted octanol–water partition coefficient (Wildman–Crippen LogP) is 4.20. The number of benzene rings is 2. The van der Waals surface area contributed by atoms with E-state index in [1.807, 2.05) is 30.3 Å². The molecule has 23 heavy (non-hydrogen) atoms. The number of pyridine rings is 1. The van der Waals surface area contributed by atoms with Gasteiger partial charge in [-0.1, -0.05) is 22.0 Å². The number of hydrogen-bond acceptors (Lipinski definition) is 5. The van der Waals surface area contributed by atoms with E-state index in [4.69, 9.17) is 10.5 Å². The summed E-state index contributed by atoms with van der Waals surface area (Å²) >= 11 is 3.44. The summed E-state index contributed by atoms with van der Waals surface area (Å²) in [6.45, 7) is 0. The summed E-state index contributed by atoms with van der Waals surface area (Å²) in [5, 5.41) is 13.4. The van der Waals surface area contributed by atoms with Crippen molar-refractivity contribution >= 4 is 43.9 Å². The van der Waals surface area contributed by atoms with E-state index in [0.29, 0.717) is 28.2 Å². The minimum absolute atomic E-state index is 0.435. The highest BCUT2D eigenvalue weighted by atomic mass is 79.9. The Bertz CT molecular complexity index is 934. The molecule has 3 aromatic rings. The monoisotopic (exact) mass is 368 g/mol. The normalized spacial score (nSPS) is 10.3. The van der Waals surface area contributed by atoms with Crippen molar-refractivity contribution in [3.8, 4) is 11.8 Å². The highest BCUT2D eigenvalue weighted by Gasteiger charge is 2.13. The van der Waals surface area contributed by atoms with Crippen LogP contribution in [-0.4, -0.2) is 12.1 Å². The first-order valence-corrected chi connectivity index (χ1v) is 7.60. The Hall–Kier alpha value is -2.78. The molecule has 0 bridgehead atoms. The van der Waals surface area contributed by atoms with Gasteiger partial charge >= 0.3 is 0 Å². The molecule has 1 heterocycles. The number of rotatable bonds is 3. The van der Waals surface area contributed by atoms with Crippen LogP contribution >= 0.6 is 15.9 Å². The molecule has 3 rings (SSSR count). The lowest BCUT2D eigenvalue weighted by Gasteiger charge is -2.14. The van der Waals surface area contributed by atoms with Crippen molar-refractivity contribution in [2.45, 2.75) is 0 Å². The number of hydrogen-bond donors (Lipinski definition) is 2. The number of nitriles is 1. The Morgan fingerprint density at radius 3 is 2.83 bits per heavy atom. The van der Waals surface area contributed by atoms with Gasteiger partial charge in [0.2, 0.25) is 0 Å². The minimum atomic E-state index is 0.435. The zero-order valence-electron chi connectivity index (χ0n) is 12.3.